The number of terminal acetylenes is 2. The third kappa shape index (κ3) is 6.77. The highest BCUT2D eigenvalue weighted by molar-refractivity contribution is 6.24. The molecule has 0 bridgehead atoms. The minimum Gasteiger partial charge on any atom is -0.508 e. The van der Waals surface area contributed by atoms with Gasteiger partial charge in [0, 0.05) is 25.2 Å². The number of anilines is 2. The third-order valence-electron chi connectivity index (χ3n) is 9.71. The molecule has 0 radical (unpaired) electrons. The van der Waals surface area contributed by atoms with Crippen LogP contribution in [0.2, 0.25) is 0 Å². The van der Waals surface area contributed by atoms with Gasteiger partial charge in [0.1, 0.15) is 5.75 Å². The first-order valence-corrected chi connectivity index (χ1v) is 16.4. The quantitative estimate of drug-likeness (QED) is 0.130. The minimum atomic E-state index is -4.79. The fourth-order valence-corrected chi connectivity index (χ4v) is 6.59. The van der Waals surface area contributed by atoms with E-state index in [1.807, 2.05) is 11.8 Å². The number of carbonyl (C=O) groups is 4. The number of imide groups is 2. The summed E-state index contributed by atoms with van der Waals surface area (Å²) < 4.78 is 80.0. The Hall–Kier alpha value is -6.82. The van der Waals surface area contributed by atoms with E-state index in [-0.39, 0.29) is 22.7 Å². The Morgan fingerprint density at radius 2 is 0.965 bits per heavy atom. The molecule has 2 fully saturated rings. The van der Waals surface area contributed by atoms with Gasteiger partial charge in [0.05, 0.1) is 35.7 Å². The van der Waals surface area contributed by atoms with Gasteiger partial charge in [-0.25, -0.2) is 19.4 Å². The lowest BCUT2D eigenvalue weighted by Gasteiger charge is -2.31. The van der Waals surface area contributed by atoms with E-state index in [1.54, 1.807) is 30.3 Å². The number of aliphatic hydroxyl groups excluding tert-OH is 2. The highest BCUT2D eigenvalue weighted by Gasteiger charge is 2.58. The van der Waals surface area contributed by atoms with Crippen molar-refractivity contribution in [2.75, 3.05) is 37.1 Å². The average molecular weight is 793 g/mol. The molecule has 0 saturated carbocycles. The van der Waals surface area contributed by atoms with Gasteiger partial charge in [-0.2, -0.15) is 26.3 Å². The lowest BCUT2D eigenvalue weighted by atomic mass is 9.89. The summed E-state index contributed by atoms with van der Waals surface area (Å²) in [7, 11) is 2.56. The normalized spacial score (nSPS) is 19.7. The number of phenolic OH excluding ortho intramolecular Hbond substituents is 1. The van der Waals surface area contributed by atoms with Crippen molar-refractivity contribution in [1.29, 1.82) is 0 Å². The first-order chi connectivity index (χ1) is 26.8. The summed E-state index contributed by atoms with van der Waals surface area (Å²) in [5, 5.41) is 29.5. The second-order valence-electron chi connectivity index (χ2n) is 12.7. The fraction of sp³-hybridized carbons (Fsp3) is 0.200. The minimum absolute atomic E-state index is 0.0992. The molecule has 4 aromatic carbocycles. The summed E-state index contributed by atoms with van der Waals surface area (Å²) in [6, 6.07) is 17.2. The molecule has 3 N–H and O–H groups in total. The van der Waals surface area contributed by atoms with E-state index in [1.165, 1.54) is 44.4 Å². The van der Waals surface area contributed by atoms with Crippen molar-refractivity contribution in [1.82, 2.24) is 9.80 Å². The summed E-state index contributed by atoms with van der Waals surface area (Å²) in [6.07, 6.45) is 0.698. The molecule has 0 aliphatic carbocycles. The van der Waals surface area contributed by atoms with Crippen LogP contribution in [0.25, 0.3) is 0 Å². The van der Waals surface area contributed by atoms with Crippen LogP contribution in [0.5, 0.6) is 5.75 Å². The van der Waals surface area contributed by atoms with Gasteiger partial charge >= 0.3 is 24.4 Å². The monoisotopic (exact) mass is 792 g/mol. The molecule has 0 aromatic heterocycles. The largest absolute Gasteiger partial charge is 0.508 e. The van der Waals surface area contributed by atoms with Gasteiger partial charge in [-0.05, 0) is 59.7 Å². The summed E-state index contributed by atoms with van der Waals surface area (Å²) in [4.78, 5) is 55.1. The molecule has 2 heterocycles. The number of alkyl halides is 6. The van der Waals surface area contributed by atoms with Crippen molar-refractivity contribution in [2.24, 2.45) is 0 Å². The van der Waals surface area contributed by atoms with Crippen LogP contribution in [0, 0.1) is 24.7 Å². The van der Waals surface area contributed by atoms with Crippen LogP contribution in [-0.4, -0.2) is 76.3 Å². The SMILES string of the molecule is C#Cc1ccc(N2C(=O)N(C)[C@](CO)(c3ccc(O)cc3)C2=O)cc1C(F)(F)F.C#Cc1ccc(N2C(=O)N(C)[C@](CO)(c3ccccc3)C2=O)cc1C(F)(F)F. The van der Waals surface area contributed by atoms with Crippen LogP contribution in [0.15, 0.2) is 91.0 Å². The Kier molecular flexibility index (Phi) is 10.9. The van der Waals surface area contributed by atoms with Crippen LogP contribution < -0.4 is 9.80 Å². The molecule has 6 amide bonds. The van der Waals surface area contributed by atoms with Gasteiger partial charge in [0.25, 0.3) is 11.8 Å². The number of benzene rings is 4. The van der Waals surface area contributed by atoms with E-state index in [2.05, 4.69) is 0 Å². The number of aromatic hydroxyl groups is 1. The Bertz CT molecular complexity index is 2340. The van der Waals surface area contributed by atoms with Crippen molar-refractivity contribution >= 4 is 35.3 Å². The average Bonchev–Trinajstić information content (AvgIpc) is 3.51. The van der Waals surface area contributed by atoms with Gasteiger partial charge in [0.2, 0.25) is 0 Å². The van der Waals surface area contributed by atoms with Crippen LogP contribution in [0.1, 0.15) is 33.4 Å². The number of amides is 6. The number of urea groups is 2. The molecule has 2 aliphatic rings. The van der Waals surface area contributed by atoms with E-state index in [0.29, 0.717) is 27.5 Å². The molecule has 294 valence electrons. The van der Waals surface area contributed by atoms with E-state index in [4.69, 9.17) is 12.8 Å². The van der Waals surface area contributed by atoms with Gasteiger partial charge in [0.15, 0.2) is 11.1 Å². The van der Waals surface area contributed by atoms with Crippen LogP contribution in [0.3, 0.4) is 0 Å². The molecule has 17 heteroatoms. The number of hydrogen-bond donors (Lipinski definition) is 3. The molecule has 2 atom stereocenters. The van der Waals surface area contributed by atoms with Crippen molar-refractivity contribution in [3.05, 3.63) is 124 Å². The molecule has 11 nitrogen and oxygen atoms in total. The molecule has 6 rings (SSSR count). The lowest BCUT2D eigenvalue weighted by Crippen LogP contribution is -2.48. The van der Waals surface area contributed by atoms with Gasteiger partial charge in [-0.1, -0.05) is 54.3 Å². The Labute approximate surface area is 320 Å². The zero-order valence-electron chi connectivity index (χ0n) is 29.8. The number of hydrogen-bond acceptors (Lipinski definition) is 7. The van der Waals surface area contributed by atoms with Crippen molar-refractivity contribution in [3.8, 4) is 30.4 Å². The fourth-order valence-electron chi connectivity index (χ4n) is 6.59. The lowest BCUT2D eigenvalue weighted by molar-refractivity contribution is -0.138. The standard InChI is InChI=1S/C20H15F3N2O4.C20H15F3N2O3/c1-3-12-4-7-14(10-16(12)20(21,22)23)25-17(28)19(11-26,24(2)18(25)29)13-5-8-15(27)9-6-13;1-3-13-9-10-15(11-16(13)20(21,22)23)25-17(27)19(12-26,24(2)18(25)28)14-7-5-4-6-8-14/h1,4-10,26-27H,11H2,2H3;1,4-11,26H,12H2,2H3/t2*19-/m11/s1. The first kappa shape index (κ1) is 41.3. The Balaban J connectivity index is 0.000000218. The number of nitrogens with zero attached hydrogens (tertiary/aromatic N) is 4. The molecule has 0 spiro atoms. The Morgan fingerprint density at radius 1 is 0.596 bits per heavy atom. The van der Waals surface area contributed by atoms with Gasteiger partial charge < -0.3 is 25.1 Å². The molecule has 4 aromatic rings. The second-order valence-corrected chi connectivity index (χ2v) is 12.7. The number of phenols is 1. The van der Waals surface area contributed by atoms with Crippen molar-refractivity contribution in [2.45, 2.75) is 23.4 Å². The molecular weight excluding hydrogens is 762 g/mol. The second kappa shape index (κ2) is 15.0. The predicted molar refractivity (Wildman–Crippen MR) is 192 cm³/mol. The van der Waals surface area contributed by atoms with Crippen LogP contribution >= 0.6 is 0 Å². The zero-order valence-corrected chi connectivity index (χ0v) is 29.8. The number of aliphatic hydroxyl groups is 2. The summed E-state index contributed by atoms with van der Waals surface area (Å²) in [6.45, 7) is -1.55. The molecule has 0 unspecified atom stereocenters. The number of likely N-dealkylation sites (N-methyl/N-ethyl adjacent to an activating group) is 2. The van der Waals surface area contributed by atoms with E-state index in [0.717, 1.165) is 28.0 Å². The van der Waals surface area contributed by atoms with Crippen molar-refractivity contribution in [3.63, 3.8) is 0 Å². The molecule has 2 aliphatic heterocycles. The maximum Gasteiger partial charge on any atom is 0.417 e. The van der Waals surface area contributed by atoms with E-state index >= 15 is 0 Å². The summed E-state index contributed by atoms with van der Waals surface area (Å²) >= 11 is 0. The molecule has 57 heavy (non-hydrogen) atoms. The predicted octanol–water partition coefficient (Wildman–Crippen LogP) is 5.65. The van der Waals surface area contributed by atoms with Crippen LogP contribution in [-0.2, 0) is 33.0 Å². The highest BCUT2D eigenvalue weighted by atomic mass is 19.4. The first-order valence-electron chi connectivity index (χ1n) is 16.4. The zero-order chi connectivity index (χ0) is 42.2. The maximum atomic E-state index is 13.3. The maximum absolute atomic E-state index is 13.3. The van der Waals surface area contributed by atoms with E-state index < -0.39 is 82.8 Å². The third-order valence-corrected chi connectivity index (χ3v) is 9.71. The number of rotatable bonds is 6. The molecule has 2 saturated heterocycles. The molecular formula is C40H30F6N4O7. The highest BCUT2D eigenvalue weighted by Crippen LogP contribution is 2.43. The van der Waals surface area contributed by atoms with Gasteiger partial charge in [-0.15, -0.1) is 12.8 Å². The van der Waals surface area contributed by atoms with Crippen LogP contribution in [0.4, 0.5) is 47.3 Å². The van der Waals surface area contributed by atoms with E-state index in [9.17, 15) is 60.8 Å². The number of carbonyl (C=O) groups excluding carboxylic acids is 4. The summed E-state index contributed by atoms with van der Waals surface area (Å²) in [5.41, 5.74) is -6.78. The van der Waals surface area contributed by atoms with Gasteiger partial charge in [-0.3, -0.25) is 9.59 Å². The summed E-state index contributed by atoms with van der Waals surface area (Å²) in [5.74, 6) is 1.99. The number of halogens is 6. The topological polar surface area (TPSA) is 142 Å². The smallest absolute Gasteiger partial charge is 0.417 e. The Morgan fingerprint density at radius 3 is 1.30 bits per heavy atom. The van der Waals surface area contributed by atoms with Crippen molar-refractivity contribution < 1.29 is 60.8 Å².